The largest absolute Gasteiger partial charge is 0.325 e. The highest BCUT2D eigenvalue weighted by Crippen LogP contribution is 2.29. The van der Waals surface area contributed by atoms with Crippen molar-refractivity contribution in [3.63, 3.8) is 0 Å². The number of nitrogens with one attached hydrogen (secondary N) is 2. The zero-order valence-electron chi connectivity index (χ0n) is 14.7. The smallest absolute Gasteiger partial charge is 0.245 e. The van der Waals surface area contributed by atoms with Crippen molar-refractivity contribution in [2.24, 2.45) is 0 Å². The third kappa shape index (κ3) is 5.82. The molecule has 0 aromatic heterocycles. The van der Waals surface area contributed by atoms with Crippen LogP contribution in [0.25, 0.3) is 0 Å². The van der Waals surface area contributed by atoms with Gasteiger partial charge in [0, 0.05) is 18.5 Å². The molecule has 9 heteroatoms. The molecule has 25 heavy (non-hydrogen) atoms. The van der Waals surface area contributed by atoms with Crippen molar-refractivity contribution in [2.45, 2.75) is 24.1 Å². The molecule has 1 saturated heterocycles. The van der Waals surface area contributed by atoms with E-state index in [-0.39, 0.29) is 24.8 Å². The van der Waals surface area contributed by atoms with Gasteiger partial charge in [0.25, 0.3) is 0 Å². The van der Waals surface area contributed by atoms with Crippen LogP contribution in [0.15, 0.2) is 24.3 Å². The highest BCUT2D eigenvalue weighted by molar-refractivity contribution is 7.92. The van der Waals surface area contributed by atoms with Crippen LogP contribution in [0.4, 0.5) is 5.69 Å². The lowest BCUT2D eigenvalue weighted by Gasteiger charge is -2.34. The van der Waals surface area contributed by atoms with Gasteiger partial charge in [-0.05, 0) is 57.7 Å². The lowest BCUT2D eigenvalue weighted by atomic mass is 9.95. The second kappa shape index (κ2) is 9.73. The van der Waals surface area contributed by atoms with Crippen molar-refractivity contribution in [1.82, 2.24) is 10.2 Å². The predicted octanol–water partition coefficient (Wildman–Crippen LogP) is 1.70. The second-order valence-electron chi connectivity index (χ2n) is 6.41. The molecular formula is C16H27Cl2N3O3S. The van der Waals surface area contributed by atoms with Gasteiger partial charge in [-0.3, -0.25) is 4.79 Å². The first kappa shape index (κ1) is 24.1. The van der Waals surface area contributed by atoms with E-state index in [1.54, 1.807) is 6.07 Å². The molecule has 0 atom stereocenters. The maximum absolute atomic E-state index is 12.7. The van der Waals surface area contributed by atoms with Crippen molar-refractivity contribution in [3.8, 4) is 0 Å². The summed E-state index contributed by atoms with van der Waals surface area (Å²) in [7, 11) is 0.446. The SMILES string of the molecule is CN(C)Cc1cccc(NC(=O)C2(S(C)(=O)=O)CCNCC2)c1.Cl.Cl. The summed E-state index contributed by atoms with van der Waals surface area (Å²) in [6.07, 6.45) is 1.75. The first-order valence-corrected chi connectivity index (χ1v) is 9.59. The van der Waals surface area contributed by atoms with Crippen molar-refractivity contribution in [2.75, 3.05) is 38.8 Å². The van der Waals surface area contributed by atoms with E-state index in [0.29, 0.717) is 31.6 Å². The average Bonchev–Trinajstić information content (AvgIpc) is 2.46. The van der Waals surface area contributed by atoms with Gasteiger partial charge < -0.3 is 15.5 Å². The van der Waals surface area contributed by atoms with Crippen LogP contribution in [0.2, 0.25) is 0 Å². The molecule has 0 radical (unpaired) electrons. The molecule has 144 valence electrons. The Kier molecular flexibility index (Phi) is 9.40. The van der Waals surface area contributed by atoms with Crippen LogP contribution in [0, 0.1) is 0 Å². The Labute approximate surface area is 162 Å². The molecule has 2 N–H and O–H groups in total. The Morgan fingerprint density at radius 3 is 2.36 bits per heavy atom. The Bertz CT molecular complexity index is 675. The molecule has 0 saturated carbocycles. The molecule has 1 fully saturated rings. The van der Waals surface area contributed by atoms with Gasteiger partial charge in [-0.2, -0.15) is 0 Å². The Balaban J connectivity index is 0.00000288. The summed E-state index contributed by atoms with van der Waals surface area (Å²) in [6.45, 7) is 1.81. The summed E-state index contributed by atoms with van der Waals surface area (Å²) in [6, 6.07) is 7.51. The standard InChI is InChI=1S/C16H25N3O3S.2ClH/c1-19(2)12-13-5-4-6-14(11-13)18-15(20)16(23(3,21)22)7-9-17-10-8-16;;/h4-6,11,17H,7-10,12H2,1-3H3,(H,18,20);2*1H. The van der Waals surface area contributed by atoms with E-state index >= 15 is 0 Å². The van der Waals surface area contributed by atoms with Gasteiger partial charge in [0.2, 0.25) is 5.91 Å². The minimum atomic E-state index is -3.50. The zero-order valence-corrected chi connectivity index (χ0v) is 17.2. The molecular weight excluding hydrogens is 385 g/mol. The van der Waals surface area contributed by atoms with Crippen LogP contribution in [0.5, 0.6) is 0 Å². The van der Waals surface area contributed by atoms with Crippen molar-refractivity contribution >= 4 is 46.2 Å². The van der Waals surface area contributed by atoms with Gasteiger partial charge in [-0.15, -0.1) is 24.8 Å². The molecule has 0 spiro atoms. The molecule has 1 aromatic carbocycles. The molecule has 0 aliphatic carbocycles. The van der Waals surface area contributed by atoms with E-state index in [1.165, 1.54) is 0 Å². The lowest BCUT2D eigenvalue weighted by Crippen LogP contribution is -2.55. The van der Waals surface area contributed by atoms with Crippen LogP contribution in [-0.4, -0.2) is 57.4 Å². The number of sulfone groups is 1. The quantitative estimate of drug-likeness (QED) is 0.770. The molecule has 6 nitrogen and oxygen atoms in total. The molecule has 1 heterocycles. The number of hydrogen-bond acceptors (Lipinski definition) is 5. The molecule has 0 unspecified atom stereocenters. The third-order valence-corrected chi connectivity index (χ3v) is 6.23. The number of nitrogens with zero attached hydrogens (tertiary/aromatic N) is 1. The van der Waals surface area contributed by atoms with Crippen LogP contribution in [0.3, 0.4) is 0 Å². The van der Waals surface area contributed by atoms with Crippen LogP contribution in [-0.2, 0) is 21.2 Å². The molecule has 1 amide bonds. The van der Waals surface area contributed by atoms with Crippen LogP contribution < -0.4 is 10.6 Å². The first-order chi connectivity index (χ1) is 10.7. The number of halogens is 2. The number of piperidine rings is 1. The summed E-state index contributed by atoms with van der Waals surface area (Å²) >= 11 is 0. The molecule has 2 rings (SSSR count). The van der Waals surface area contributed by atoms with E-state index < -0.39 is 20.5 Å². The monoisotopic (exact) mass is 411 g/mol. The number of hydrogen-bond donors (Lipinski definition) is 2. The molecule has 1 aromatic rings. The fourth-order valence-electron chi connectivity index (χ4n) is 2.95. The highest BCUT2D eigenvalue weighted by atomic mass is 35.5. The summed E-state index contributed by atoms with van der Waals surface area (Å²) in [5.41, 5.74) is 1.70. The molecule has 1 aliphatic rings. The van der Waals surface area contributed by atoms with Gasteiger partial charge >= 0.3 is 0 Å². The van der Waals surface area contributed by atoms with Gasteiger partial charge in [0.15, 0.2) is 14.6 Å². The van der Waals surface area contributed by atoms with E-state index in [2.05, 4.69) is 10.6 Å². The third-order valence-electron chi connectivity index (χ3n) is 4.22. The number of carbonyl (C=O) groups is 1. The van der Waals surface area contributed by atoms with Crippen LogP contribution >= 0.6 is 24.8 Å². The molecule has 0 bridgehead atoms. The zero-order chi connectivity index (χ0) is 17.1. The Morgan fingerprint density at radius 1 is 1.24 bits per heavy atom. The van der Waals surface area contributed by atoms with Crippen molar-refractivity contribution < 1.29 is 13.2 Å². The van der Waals surface area contributed by atoms with E-state index in [4.69, 9.17) is 0 Å². The van der Waals surface area contributed by atoms with E-state index in [1.807, 2.05) is 37.2 Å². The van der Waals surface area contributed by atoms with Crippen LogP contribution in [0.1, 0.15) is 18.4 Å². The second-order valence-corrected chi connectivity index (χ2v) is 8.73. The summed E-state index contributed by atoms with van der Waals surface area (Å²) < 4.78 is 23.2. The Morgan fingerprint density at radius 2 is 1.84 bits per heavy atom. The van der Waals surface area contributed by atoms with Gasteiger partial charge in [0.05, 0.1) is 0 Å². The Hall–Kier alpha value is -0.860. The van der Waals surface area contributed by atoms with E-state index in [9.17, 15) is 13.2 Å². The minimum Gasteiger partial charge on any atom is -0.325 e. The fourth-order valence-corrected chi connectivity index (χ4v) is 4.29. The predicted molar refractivity (Wildman–Crippen MR) is 107 cm³/mol. The maximum atomic E-state index is 12.7. The van der Waals surface area contributed by atoms with Gasteiger partial charge in [-0.25, -0.2) is 8.42 Å². The van der Waals surface area contributed by atoms with Gasteiger partial charge in [-0.1, -0.05) is 12.1 Å². The number of carbonyl (C=O) groups excluding carboxylic acids is 1. The lowest BCUT2D eigenvalue weighted by molar-refractivity contribution is -0.119. The summed E-state index contributed by atoms with van der Waals surface area (Å²) in [5, 5.41) is 5.92. The van der Waals surface area contributed by atoms with Crippen molar-refractivity contribution in [3.05, 3.63) is 29.8 Å². The molecule has 1 aliphatic heterocycles. The van der Waals surface area contributed by atoms with Crippen molar-refractivity contribution in [1.29, 1.82) is 0 Å². The average molecular weight is 412 g/mol. The van der Waals surface area contributed by atoms with E-state index in [0.717, 1.165) is 18.4 Å². The minimum absolute atomic E-state index is 0. The number of benzene rings is 1. The topological polar surface area (TPSA) is 78.5 Å². The first-order valence-electron chi connectivity index (χ1n) is 7.70. The number of anilines is 1. The number of amides is 1. The maximum Gasteiger partial charge on any atom is 0.245 e. The summed E-state index contributed by atoms with van der Waals surface area (Å²) in [5.74, 6) is -0.427. The summed E-state index contributed by atoms with van der Waals surface area (Å²) in [4.78, 5) is 14.8. The highest BCUT2D eigenvalue weighted by Gasteiger charge is 2.48. The normalized spacial score (nSPS) is 16.5. The van der Waals surface area contributed by atoms with Gasteiger partial charge in [0.1, 0.15) is 0 Å². The number of rotatable bonds is 5. The fraction of sp³-hybridized carbons (Fsp3) is 0.562.